The monoisotopic (exact) mass is 250 g/mol. The molecule has 1 N–H and O–H groups in total. The minimum atomic E-state index is -0.462. The topological polar surface area (TPSA) is 67.3 Å². The largest absolute Gasteiger partial charge is 0.464 e. The van der Waals surface area contributed by atoms with Gasteiger partial charge in [-0.1, -0.05) is 0 Å². The highest BCUT2D eigenvalue weighted by atomic mass is 16.5. The Labute approximate surface area is 106 Å². The highest BCUT2D eigenvalue weighted by Crippen LogP contribution is 2.16. The maximum Gasteiger partial charge on any atom is 0.358 e. The van der Waals surface area contributed by atoms with Crippen LogP contribution in [0.4, 0.5) is 5.82 Å². The second kappa shape index (κ2) is 5.30. The number of carbonyl (C=O) groups is 1. The van der Waals surface area contributed by atoms with Crippen LogP contribution in [0.2, 0.25) is 0 Å². The number of ether oxygens (including phenoxy) is 1. The summed E-state index contributed by atoms with van der Waals surface area (Å²) in [5, 5.41) is 11.4. The Morgan fingerprint density at radius 1 is 1.44 bits per heavy atom. The molecule has 2 unspecified atom stereocenters. The number of esters is 1. The molecule has 6 heteroatoms. The minimum Gasteiger partial charge on any atom is -0.464 e. The van der Waals surface area contributed by atoms with Crippen LogP contribution in [0.1, 0.15) is 24.3 Å². The van der Waals surface area contributed by atoms with E-state index in [0.717, 1.165) is 18.9 Å². The molecule has 0 bridgehead atoms. The van der Waals surface area contributed by atoms with E-state index in [4.69, 9.17) is 0 Å². The molecule has 0 spiro atoms. The summed E-state index contributed by atoms with van der Waals surface area (Å²) in [6.45, 7) is 6.07. The van der Waals surface area contributed by atoms with Crippen LogP contribution in [0.3, 0.4) is 0 Å². The van der Waals surface area contributed by atoms with Gasteiger partial charge < -0.3 is 15.0 Å². The van der Waals surface area contributed by atoms with E-state index in [-0.39, 0.29) is 5.69 Å². The Morgan fingerprint density at radius 2 is 2.22 bits per heavy atom. The lowest BCUT2D eigenvalue weighted by Gasteiger charge is -2.38. The third kappa shape index (κ3) is 2.59. The molecule has 0 amide bonds. The van der Waals surface area contributed by atoms with E-state index in [9.17, 15) is 4.79 Å². The number of methoxy groups -OCH3 is 1. The fourth-order valence-corrected chi connectivity index (χ4v) is 2.03. The van der Waals surface area contributed by atoms with Crippen LogP contribution in [-0.4, -0.2) is 48.4 Å². The third-order valence-corrected chi connectivity index (χ3v) is 3.10. The van der Waals surface area contributed by atoms with Crippen molar-refractivity contribution in [3.8, 4) is 0 Å². The van der Waals surface area contributed by atoms with E-state index in [0.29, 0.717) is 12.1 Å². The van der Waals surface area contributed by atoms with Crippen LogP contribution < -0.4 is 10.2 Å². The number of nitrogens with one attached hydrogen (secondary N) is 1. The third-order valence-electron chi connectivity index (χ3n) is 3.10. The molecule has 0 radical (unpaired) electrons. The zero-order valence-electron chi connectivity index (χ0n) is 10.9. The van der Waals surface area contributed by atoms with Crippen molar-refractivity contribution in [3.63, 3.8) is 0 Å². The van der Waals surface area contributed by atoms with Crippen LogP contribution in [0.15, 0.2) is 12.1 Å². The van der Waals surface area contributed by atoms with Gasteiger partial charge in [-0.15, -0.1) is 10.2 Å². The van der Waals surface area contributed by atoms with Gasteiger partial charge in [-0.25, -0.2) is 4.79 Å². The summed E-state index contributed by atoms with van der Waals surface area (Å²) in [7, 11) is 1.33. The molecule has 1 aromatic heterocycles. The van der Waals surface area contributed by atoms with Crippen molar-refractivity contribution in [1.29, 1.82) is 0 Å². The standard InChI is InChI=1S/C12H18N4O2/c1-8-7-16(9(2)6-13-8)11-5-4-10(14-15-11)12(17)18-3/h4-5,8-9,13H,6-7H2,1-3H3. The van der Waals surface area contributed by atoms with Crippen molar-refractivity contribution >= 4 is 11.8 Å². The normalized spacial score (nSPS) is 23.8. The van der Waals surface area contributed by atoms with Gasteiger partial charge >= 0.3 is 5.97 Å². The summed E-state index contributed by atoms with van der Waals surface area (Å²) < 4.78 is 4.59. The number of carbonyl (C=O) groups excluding carboxylic acids is 1. The van der Waals surface area contributed by atoms with Crippen LogP contribution in [0.5, 0.6) is 0 Å². The first-order valence-electron chi connectivity index (χ1n) is 6.04. The Hall–Kier alpha value is -1.69. The lowest BCUT2D eigenvalue weighted by Crippen LogP contribution is -2.54. The average Bonchev–Trinajstić information content (AvgIpc) is 2.41. The molecule has 1 aliphatic heterocycles. The first-order chi connectivity index (χ1) is 8.61. The summed E-state index contributed by atoms with van der Waals surface area (Å²) in [6.07, 6.45) is 0. The lowest BCUT2D eigenvalue weighted by molar-refractivity contribution is 0.0592. The molecule has 18 heavy (non-hydrogen) atoms. The number of rotatable bonds is 2. The molecule has 1 aromatic rings. The first kappa shape index (κ1) is 12.8. The maximum absolute atomic E-state index is 11.3. The molecule has 1 saturated heterocycles. The molecule has 98 valence electrons. The number of hydrogen-bond acceptors (Lipinski definition) is 6. The molecule has 1 fully saturated rings. The maximum atomic E-state index is 11.3. The molecule has 2 rings (SSSR count). The molecule has 2 heterocycles. The number of anilines is 1. The van der Waals surface area contributed by atoms with Crippen molar-refractivity contribution in [3.05, 3.63) is 17.8 Å². The molecular formula is C12H18N4O2. The van der Waals surface area contributed by atoms with Gasteiger partial charge in [-0.2, -0.15) is 0 Å². The van der Waals surface area contributed by atoms with Crippen LogP contribution in [0, 0.1) is 0 Å². The molecule has 0 aromatic carbocycles. The Balaban J connectivity index is 2.15. The summed E-state index contributed by atoms with van der Waals surface area (Å²) in [4.78, 5) is 13.5. The van der Waals surface area contributed by atoms with Crippen molar-refractivity contribution in [2.24, 2.45) is 0 Å². The van der Waals surface area contributed by atoms with Gasteiger partial charge in [0.1, 0.15) is 0 Å². The minimum absolute atomic E-state index is 0.233. The van der Waals surface area contributed by atoms with Crippen molar-refractivity contribution in [2.45, 2.75) is 25.9 Å². The number of piperazine rings is 1. The average molecular weight is 250 g/mol. The number of hydrogen-bond donors (Lipinski definition) is 1. The van der Waals surface area contributed by atoms with Crippen LogP contribution in [-0.2, 0) is 4.74 Å². The highest BCUT2D eigenvalue weighted by molar-refractivity contribution is 5.86. The van der Waals surface area contributed by atoms with E-state index in [1.807, 2.05) is 6.07 Å². The fourth-order valence-electron chi connectivity index (χ4n) is 2.03. The van der Waals surface area contributed by atoms with Crippen molar-refractivity contribution < 1.29 is 9.53 Å². The fraction of sp³-hybridized carbons (Fsp3) is 0.583. The van der Waals surface area contributed by atoms with E-state index in [2.05, 4.69) is 39.0 Å². The van der Waals surface area contributed by atoms with E-state index in [1.165, 1.54) is 7.11 Å². The van der Waals surface area contributed by atoms with Crippen LogP contribution in [0.25, 0.3) is 0 Å². The first-order valence-corrected chi connectivity index (χ1v) is 6.04. The van der Waals surface area contributed by atoms with Crippen LogP contribution >= 0.6 is 0 Å². The summed E-state index contributed by atoms with van der Waals surface area (Å²) >= 11 is 0. The highest BCUT2D eigenvalue weighted by Gasteiger charge is 2.23. The molecular weight excluding hydrogens is 232 g/mol. The van der Waals surface area contributed by atoms with Gasteiger partial charge in [0, 0.05) is 25.2 Å². The second-order valence-corrected chi connectivity index (χ2v) is 4.58. The van der Waals surface area contributed by atoms with Gasteiger partial charge in [0.05, 0.1) is 7.11 Å². The molecule has 0 aliphatic carbocycles. The van der Waals surface area contributed by atoms with Gasteiger partial charge in [0.2, 0.25) is 0 Å². The van der Waals surface area contributed by atoms with E-state index < -0.39 is 5.97 Å². The zero-order chi connectivity index (χ0) is 13.1. The number of aromatic nitrogens is 2. The molecule has 2 atom stereocenters. The van der Waals surface area contributed by atoms with Gasteiger partial charge in [0.25, 0.3) is 0 Å². The molecule has 0 saturated carbocycles. The Morgan fingerprint density at radius 3 is 2.83 bits per heavy atom. The summed E-state index contributed by atoms with van der Waals surface area (Å²) in [5.41, 5.74) is 0.233. The predicted molar refractivity (Wildman–Crippen MR) is 67.6 cm³/mol. The quantitative estimate of drug-likeness (QED) is 0.769. The molecule has 1 aliphatic rings. The Kier molecular flexibility index (Phi) is 3.76. The smallest absolute Gasteiger partial charge is 0.358 e. The summed E-state index contributed by atoms with van der Waals surface area (Å²) in [6, 6.07) is 4.24. The SMILES string of the molecule is COC(=O)c1ccc(N2CC(C)NCC2C)nn1. The molecule has 6 nitrogen and oxygen atoms in total. The van der Waals surface area contributed by atoms with Crippen molar-refractivity contribution in [1.82, 2.24) is 15.5 Å². The van der Waals surface area contributed by atoms with E-state index >= 15 is 0 Å². The second-order valence-electron chi connectivity index (χ2n) is 4.58. The Bertz CT molecular complexity index is 421. The zero-order valence-corrected chi connectivity index (χ0v) is 10.9. The number of nitrogens with zero attached hydrogens (tertiary/aromatic N) is 3. The van der Waals surface area contributed by atoms with Crippen molar-refractivity contribution in [2.75, 3.05) is 25.1 Å². The van der Waals surface area contributed by atoms with Gasteiger partial charge in [-0.3, -0.25) is 0 Å². The van der Waals surface area contributed by atoms with E-state index in [1.54, 1.807) is 6.07 Å². The predicted octanol–water partition coefficient (Wildman–Crippen LogP) is 0.450. The van der Waals surface area contributed by atoms with Gasteiger partial charge in [-0.05, 0) is 26.0 Å². The van der Waals surface area contributed by atoms with Gasteiger partial charge in [0.15, 0.2) is 11.5 Å². The summed E-state index contributed by atoms with van der Waals surface area (Å²) in [5.74, 6) is 0.333. The lowest BCUT2D eigenvalue weighted by atomic mass is 10.1.